The van der Waals surface area contributed by atoms with Crippen molar-refractivity contribution in [3.63, 3.8) is 0 Å². The molecule has 0 atom stereocenters. The molecule has 1 aliphatic rings. The maximum absolute atomic E-state index is 13.3. The Bertz CT molecular complexity index is 2990. The van der Waals surface area contributed by atoms with Gasteiger partial charge in [-0.1, -0.05) is 266 Å². The second kappa shape index (κ2) is 25.1. The molecule has 0 bridgehead atoms. The average Bonchev–Trinajstić information content (AvgIpc) is 3.98. The first-order valence-corrected chi connectivity index (χ1v) is 28.6. The Morgan fingerprint density at radius 3 is 0.747 bits per heavy atom. The molecular formula is C77H84O2. The van der Waals surface area contributed by atoms with Crippen LogP contribution in [-0.2, 0) is 37.8 Å². The Hall–Kier alpha value is -7.55. The molecule has 0 aromatic heterocycles. The molecule has 7 aromatic carbocycles. The maximum Gasteiger partial charge on any atom is 0.309 e. The van der Waals surface area contributed by atoms with Crippen LogP contribution in [0.15, 0.2) is 152 Å². The molecule has 8 rings (SSSR count). The van der Waals surface area contributed by atoms with Crippen LogP contribution in [0.5, 0.6) is 0 Å². The normalized spacial score (nSPS) is 14.1. The molecule has 0 unspecified atom stereocenters. The summed E-state index contributed by atoms with van der Waals surface area (Å²) < 4.78 is 6.04. The van der Waals surface area contributed by atoms with Crippen LogP contribution in [0.4, 0.5) is 0 Å². The predicted molar refractivity (Wildman–Crippen MR) is 345 cm³/mol. The number of hydrogen-bond donors (Lipinski definition) is 0. The fourth-order valence-corrected chi connectivity index (χ4v) is 9.97. The number of benzene rings is 7. The Morgan fingerprint density at radius 1 is 0.329 bits per heavy atom. The minimum absolute atomic E-state index is 0.00649. The minimum Gasteiger partial charge on any atom is -0.461 e. The zero-order valence-electron chi connectivity index (χ0n) is 49.3. The third kappa shape index (κ3) is 17.2. The summed E-state index contributed by atoms with van der Waals surface area (Å²) in [5, 5.41) is 0. The van der Waals surface area contributed by atoms with E-state index in [1.807, 2.05) is 0 Å². The Morgan fingerprint density at radius 2 is 0.532 bits per heavy atom. The van der Waals surface area contributed by atoms with Gasteiger partial charge in [-0.05, 0) is 184 Å². The van der Waals surface area contributed by atoms with E-state index in [0.717, 1.165) is 98.0 Å². The minimum atomic E-state index is -0.0861. The van der Waals surface area contributed by atoms with Gasteiger partial charge in [-0.15, -0.1) is 0 Å². The second-order valence-electron chi connectivity index (χ2n) is 26.0. The van der Waals surface area contributed by atoms with E-state index in [4.69, 9.17) is 4.74 Å². The van der Waals surface area contributed by atoms with Gasteiger partial charge in [0.05, 0.1) is 5.92 Å². The summed E-state index contributed by atoms with van der Waals surface area (Å²) in [6.45, 7) is 27.2. The van der Waals surface area contributed by atoms with Crippen molar-refractivity contribution in [1.82, 2.24) is 0 Å². The molecule has 0 spiro atoms. The summed E-state index contributed by atoms with van der Waals surface area (Å²) in [6.07, 6.45) is 30.4. The largest absolute Gasteiger partial charge is 0.461 e. The molecule has 0 N–H and O–H groups in total. The highest BCUT2D eigenvalue weighted by Crippen LogP contribution is 2.30. The van der Waals surface area contributed by atoms with Crippen LogP contribution < -0.4 is 0 Å². The zero-order chi connectivity index (χ0) is 56.4. The van der Waals surface area contributed by atoms with Gasteiger partial charge in [0, 0.05) is 0 Å². The van der Waals surface area contributed by atoms with Crippen LogP contribution in [-0.4, -0.2) is 5.97 Å². The van der Waals surface area contributed by atoms with Crippen molar-refractivity contribution in [2.24, 2.45) is 5.92 Å². The van der Waals surface area contributed by atoms with Gasteiger partial charge in [-0.25, -0.2) is 0 Å². The van der Waals surface area contributed by atoms with E-state index in [2.05, 4.69) is 308 Å². The summed E-state index contributed by atoms with van der Waals surface area (Å²) in [5.74, 6) is -0.0926. The van der Waals surface area contributed by atoms with Crippen LogP contribution in [0.2, 0.25) is 0 Å². The number of rotatable bonds is 15. The molecule has 7 aromatic rings. The van der Waals surface area contributed by atoms with Crippen molar-refractivity contribution < 1.29 is 9.53 Å². The number of esters is 1. The topological polar surface area (TPSA) is 26.3 Å². The van der Waals surface area contributed by atoms with Crippen molar-refractivity contribution >= 4 is 78.9 Å². The molecule has 0 heterocycles. The molecule has 2 nitrogen and oxygen atoms in total. The van der Waals surface area contributed by atoms with Crippen molar-refractivity contribution in [3.05, 3.63) is 246 Å². The van der Waals surface area contributed by atoms with E-state index in [1.165, 1.54) is 22.3 Å². The van der Waals surface area contributed by atoms with Crippen molar-refractivity contribution in [1.29, 1.82) is 0 Å². The number of carbonyl (C=O) groups is 1. The Kier molecular flexibility index (Phi) is 18.3. The quantitative estimate of drug-likeness (QED) is 0.0756. The van der Waals surface area contributed by atoms with E-state index >= 15 is 0 Å². The molecule has 0 saturated heterocycles. The number of ether oxygens (including phenoxy) is 1. The highest BCUT2D eigenvalue weighted by Gasteiger charge is 2.24. The summed E-state index contributed by atoms with van der Waals surface area (Å²) in [4.78, 5) is 13.3. The van der Waals surface area contributed by atoms with E-state index in [9.17, 15) is 4.79 Å². The van der Waals surface area contributed by atoms with Crippen molar-refractivity contribution in [3.8, 4) is 0 Å². The summed E-state index contributed by atoms with van der Waals surface area (Å²) >= 11 is 0. The van der Waals surface area contributed by atoms with E-state index in [1.54, 1.807) is 0 Å². The molecule has 2 heteroatoms. The van der Waals surface area contributed by atoms with Crippen molar-refractivity contribution in [2.45, 2.75) is 137 Å². The van der Waals surface area contributed by atoms with Crippen LogP contribution in [0.1, 0.15) is 203 Å². The third-order valence-corrected chi connectivity index (χ3v) is 15.0. The van der Waals surface area contributed by atoms with E-state index in [0.29, 0.717) is 0 Å². The van der Waals surface area contributed by atoms with Crippen molar-refractivity contribution in [2.75, 3.05) is 0 Å². The lowest BCUT2D eigenvalue weighted by Gasteiger charge is -2.18. The predicted octanol–water partition coefficient (Wildman–Crippen LogP) is 21.1. The van der Waals surface area contributed by atoms with Crippen LogP contribution in [0.25, 0.3) is 72.9 Å². The lowest BCUT2D eigenvalue weighted by Crippen LogP contribution is -2.14. The maximum atomic E-state index is 13.3. The van der Waals surface area contributed by atoms with Crippen LogP contribution in [0, 0.1) is 5.92 Å². The van der Waals surface area contributed by atoms with Gasteiger partial charge in [-0.3, -0.25) is 4.79 Å². The SMILES string of the molecule is CC(C)(C)c1ccc(/C=C/c2cc(/C=C/c3ccc(C(C)(C)C)cc3)cc(/C=C/c3cc(/C=C/c4cc(/C=C/c5ccc(C(C)(C)C)cc5)cc(/C=C/c5ccc(C(C)(C)C)cc5)c4)cc(COC(=O)C4CCCC4)c3)c2)cc1. The first-order valence-electron chi connectivity index (χ1n) is 28.6. The molecule has 79 heavy (non-hydrogen) atoms. The fraction of sp³-hybridized carbons (Fsp3) is 0.286. The smallest absolute Gasteiger partial charge is 0.309 e. The van der Waals surface area contributed by atoms with Gasteiger partial charge in [0.2, 0.25) is 0 Å². The highest BCUT2D eigenvalue weighted by atomic mass is 16.5. The highest BCUT2D eigenvalue weighted by molar-refractivity contribution is 5.82. The molecule has 1 saturated carbocycles. The monoisotopic (exact) mass is 1040 g/mol. The van der Waals surface area contributed by atoms with Gasteiger partial charge < -0.3 is 4.74 Å². The molecular weight excluding hydrogens is 957 g/mol. The molecule has 0 amide bonds. The van der Waals surface area contributed by atoms with Crippen LogP contribution in [0.3, 0.4) is 0 Å². The average molecular weight is 1040 g/mol. The molecule has 0 aliphatic heterocycles. The first kappa shape index (κ1) is 57.6. The van der Waals surface area contributed by atoms with Crippen LogP contribution >= 0.6 is 0 Å². The van der Waals surface area contributed by atoms with Gasteiger partial charge in [0.25, 0.3) is 0 Å². The van der Waals surface area contributed by atoms with Gasteiger partial charge >= 0.3 is 5.97 Å². The standard InChI is InChI=1S/C77H84O2/c1-74(2,3)69-37-29-55(30-38-69)17-21-59-45-60(22-18-56-31-39-70(40-32-56)75(4,5)6)48-63(47-59)25-27-65-51-66(53-67(52-65)54-79-73(78)68-15-13-14-16-68)28-26-64-49-61(23-19-57-33-41-71(42-34-57)76(7,8)9)46-62(50-64)24-20-58-35-43-72(44-36-58)77(10,11)12/h17-53,68H,13-16,54H2,1-12H3/b21-17+,22-18+,23-19+,24-20+,27-25+,28-26+. The van der Waals surface area contributed by atoms with Gasteiger partial charge in [0.15, 0.2) is 0 Å². The Labute approximate surface area is 475 Å². The van der Waals surface area contributed by atoms with Gasteiger partial charge in [0.1, 0.15) is 6.61 Å². The third-order valence-electron chi connectivity index (χ3n) is 15.0. The van der Waals surface area contributed by atoms with E-state index in [-0.39, 0.29) is 40.2 Å². The number of hydrogen-bond acceptors (Lipinski definition) is 2. The fourth-order valence-electron chi connectivity index (χ4n) is 9.97. The summed E-state index contributed by atoms with van der Waals surface area (Å²) in [7, 11) is 0. The zero-order valence-corrected chi connectivity index (χ0v) is 49.3. The first-order chi connectivity index (χ1) is 37.5. The lowest BCUT2D eigenvalue weighted by atomic mass is 9.86. The molecule has 1 aliphatic carbocycles. The van der Waals surface area contributed by atoms with Gasteiger partial charge in [-0.2, -0.15) is 0 Å². The summed E-state index contributed by atoms with van der Waals surface area (Å²) in [6, 6.07) is 55.5. The molecule has 1 fully saturated rings. The molecule has 404 valence electrons. The molecule has 0 radical (unpaired) electrons. The summed E-state index contributed by atoms with van der Waals surface area (Å²) in [5.41, 5.74) is 20.0. The second-order valence-corrected chi connectivity index (χ2v) is 26.0. The lowest BCUT2D eigenvalue weighted by molar-refractivity contribution is -0.149. The Balaban J connectivity index is 1.13. The van der Waals surface area contributed by atoms with E-state index < -0.39 is 0 Å². The number of carbonyl (C=O) groups excluding carboxylic acids is 1.